The fourth-order valence-corrected chi connectivity index (χ4v) is 5.89. The van der Waals surface area contributed by atoms with Gasteiger partial charge >= 0.3 is 0 Å². The lowest BCUT2D eigenvalue weighted by molar-refractivity contribution is -0.916. The van der Waals surface area contributed by atoms with E-state index in [1.165, 1.54) is 0 Å². The Morgan fingerprint density at radius 2 is 1.58 bits per heavy atom. The van der Waals surface area contributed by atoms with Crippen LogP contribution in [0, 0.1) is 5.92 Å². The number of phenolic OH excluding ortho intramolecular Hbond substituents is 1. The first-order valence-corrected chi connectivity index (χ1v) is 12.5. The SMILES string of the molecule is C[N+](C)(CCc1ccccc1O)C1CCN(C(=O)[C@](O)(c2ccccc2)C2CCCC2)CC1. The van der Waals surface area contributed by atoms with Crippen LogP contribution in [-0.4, -0.2) is 65.3 Å². The Hall–Kier alpha value is -2.37. The van der Waals surface area contributed by atoms with E-state index in [1.54, 1.807) is 6.07 Å². The summed E-state index contributed by atoms with van der Waals surface area (Å²) >= 11 is 0. The van der Waals surface area contributed by atoms with E-state index in [-0.39, 0.29) is 11.8 Å². The molecule has 5 nitrogen and oxygen atoms in total. The topological polar surface area (TPSA) is 60.8 Å². The Morgan fingerprint density at radius 1 is 0.970 bits per heavy atom. The van der Waals surface area contributed by atoms with E-state index in [4.69, 9.17) is 0 Å². The Balaban J connectivity index is 1.41. The van der Waals surface area contributed by atoms with Gasteiger partial charge in [0.2, 0.25) is 0 Å². The molecule has 0 unspecified atom stereocenters. The molecule has 1 amide bonds. The molecule has 1 heterocycles. The molecule has 1 saturated carbocycles. The van der Waals surface area contributed by atoms with Crippen molar-refractivity contribution in [3.8, 4) is 5.75 Å². The number of carbonyl (C=O) groups is 1. The number of likely N-dealkylation sites (N-methyl/N-ethyl adjacent to an activating group) is 1. The van der Waals surface area contributed by atoms with Gasteiger partial charge in [-0.1, -0.05) is 61.4 Å². The van der Waals surface area contributed by atoms with Gasteiger partial charge in [-0.25, -0.2) is 0 Å². The third-order valence-corrected chi connectivity index (χ3v) is 8.18. The molecule has 2 N–H and O–H groups in total. The molecule has 0 radical (unpaired) electrons. The molecule has 1 aliphatic heterocycles. The zero-order valence-electron chi connectivity index (χ0n) is 20.1. The van der Waals surface area contributed by atoms with Crippen LogP contribution in [0.4, 0.5) is 0 Å². The number of likely N-dealkylation sites (tertiary alicyclic amines) is 1. The predicted molar refractivity (Wildman–Crippen MR) is 131 cm³/mol. The molecule has 1 saturated heterocycles. The number of rotatable bonds is 7. The highest BCUT2D eigenvalue weighted by molar-refractivity contribution is 5.87. The summed E-state index contributed by atoms with van der Waals surface area (Å²) in [5.74, 6) is 0.250. The average molecular weight is 452 g/mol. The van der Waals surface area contributed by atoms with Gasteiger partial charge in [0.05, 0.1) is 26.7 Å². The molecule has 0 spiro atoms. The van der Waals surface area contributed by atoms with Gasteiger partial charge in [0.15, 0.2) is 5.60 Å². The number of benzene rings is 2. The standard InChI is InChI=1S/C28H38N2O3/c1-30(2,21-18-22-10-6-9-15-26(22)31)25-16-19-29(20-17-25)27(32)28(33,24-13-7-8-14-24)23-11-4-3-5-12-23/h3-6,9-12,15,24-25,33H,7-8,13-14,16-21H2,1-2H3/p+1/t28-/m0/s1. The minimum absolute atomic E-state index is 0.00380. The summed E-state index contributed by atoms with van der Waals surface area (Å²) in [4.78, 5) is 15.7. The minimum atomic E-state index is -1.42. The average Bonchev–Trinajstić information content (AvgIpc) is 3.39. The molecule has 2 aromatic rings. The Kier molecular flexibility index (Phi) is 7.10. The molecule has 2 fully saturated rings. The van der Waals surface area contributed by atoms with Crippen LogP contribution in [0.1, 0.15) is 49.7 Å². The summed E-state index contributed by atoms with van der Waals surface area (Å²) in [5.41, 5.74) is 0.309. The number of hydrogen-bond acceptors (Lipinski definition) is 3. The minimum Gasteiger partial charge on any atom is -0.508 e. The zero-order chi connectivity index (χ0) is 23.5. The Labute approximate surface area is 198 Å². The second-order valence-electron chi connectivity index (χ2n) is 10.5. The zero-order valence-corrected chi connectivity index (χ0v) is 20.1. The van der Waals surface area contributed by atoms with E-state index in [0.717, 1.165) is 67.1 Å². The maximum Gasteiger partial charge on any atom is 0.259 e. The highest BCUT2D eigenvalue weighted by Crippen LogP contribution is 2.42. The van der Waals surface area contributed by atoms with Crippen molar-refractivity contribution >= 4 is 5.91 Å². The van der Waals surface area contributed by atoms with Crippen LogP contribution in [0.15, 0.2) is 54.6 Å². The smallest absolute Gasteiger partial charge is 0.259 e. The first-order chi connectivity index (χ1) is 15.8. The van der Waals surface area contributed by atoms with Gasteiger partial charge in [0.1, 0.15) is 5.75 Å². The second-order valence-corrected chi connectivity index (χ2v) is 10.5. The number of piperidine rings is 1. The van der Waals surface area contributed by atoms with Crippen LogP contribution in [0.2, 0.25) is 0 Å². The van der Waals surface area contributed by atoms with E-state index in [2.05, 4.69) is 14.1 Å². The van der Waals surface area contributed by atoms with Crippen molar-refractivity contribution in [3.63, 3.8) is 0 Å². The van der Waals surface area contributed by atoms with E-state index < -0.39 is 5.60 Å². The number of amides is 1. The van der Waals surface area contributed by atoms with Crippen molar-refractivity contribution in [2.75, 3.05) is 33.7 Å². The van der Waals surface area contributed by atoms with Gasteiger partial charge < -0.3 is 19.6 Å². The van der Waals surface area contributed by atoms with Crippen LogP contribution >= 0.6 is 0 Å². The molecule has 5 heteroatoms. The van der Waals surface area contributed by atoms with Gasteiger partial charge in [0.25, 0.3) is 5.91 Å². The number of carbonyl (C=O) groups excluding carboxylic acids is 1. The maximum atomic E-state index is 13.8. The molecule has 1 aliphatic carbocycles. The van der Waals surface area contributed by atoms with E-state index >= 15 is 0 Å². The fraction of sp³-hybridized carbons (Fsp3) is 0.536. The monoisotopic (exact) mass is 451 g/mol. The lowest BCUT2D eigenvalue weighted by atomic mass is 9.78. The van der Waals surface area contributed by atoms with Crippen molar-refractivity contribution in [2.24, 2.45) is 5.92 Å². The lowest BCUT2D eigenvalue weighted by Gasteiger charge is -2.45. The highest BCUT2D eigenvalue weighted by atomic mass is 16.3. The number of aliphatic hydroxyl groups is 1. The van der Waals surface area contributed by atoms with Crippen molar-refractivity contribution in [1.82, 2.24) is 4.90 Å². The molecular formula is C28H39N2O3+. The second kappa shape index (κ2) is 9.86. The molecular weight excluding hydrogens is 412 g/mol. The van der Waals surface area contributed by atoms with Gasteiger partial charge in [-0.05, 0) is 30.0 Å². The summed E-state index contributed by atoms with van der Waals surface area (Å²) in [6.07, 6.45) is 6.65. The highest BCUT2D eigenvalue weighted by Gasteiger charge is 2.49. The number of aromatic hydroxyl groups is 1. The summed E-state index contributed by atoms with van der Waals surface area (Å²) in [7, 11) is 4.50. The number of para-hydroxylation sites is 1. The van der Waals surface area contributed by atoms with Crippen LogP contribution < -0.4 is 0 Å². The van der Waals surface area contributed by atoms with Crippen LogP contribution in [0.25, 0.3) is 0 Å². The van der Waals surface area contributed by atoms with Crippen LogP contribution in [-0.2, 0) is 16.8 Å². The first-order valence-electron chi connectivity index (χ1n) is 12.5. The molecule has 1 atom stereocenters. The number of hydrogen-bond donors (Lipinski definition) is 2. The molecule has 0 bridgehead atoms. The summed E-state index contributed by atoms with van der Waals surface area (Å²) < 4.78 is 0.863. The summed E-state index contributed by atoms with van der Waals surface area (Å²) in [6.45, 7) is 2.31. The largest absolute Gasteiger partial charge is 0.508 e. The number of phenols is 1. The first kappa shape index (κ1) is 23.8. The van der Waals surface area contributed by atoms with E-state index in [9.17, 15) is 15.0 Å². The van der Waals surface area contributed by atoms with Gasteiger partial charge in [-0.3, -0.25) is 4.79 Å². The van der Waals surface area contributed by atoms with E-state index in [0.29, 0.717) is 24.9 Å². The number of quaternary nitrogens is 1. The maximum absolute atomic E-state index is 13.8. The quantitative estimate of drug-likeness (QED) is 0.624. The summed E-state index contributed by atoms with van der Waals surface area (Å²) in [6, 6.07) is 17.6. The van der Waals surface area contributed by atoms with Crippen molar-refractivity contribution in [1.29, 1.82) is 0 Å². The third kappa shape index (κ3) is 4.95. The van der Waals surface area contributed by atoms with Gasteiger partial charge in [0, 0.05) is 38.3 Å². The van der Waals surface area contributed by atoms with Crippen molar-refractivity contribution < 1.29 is 19.5 Å². The molecule has 4 rings (SSSR count). The molecule has 0 aromatic heterocycles. The molecule has 33 heavy (non-hydrogen) atoms. The van der Waals surface area contributed by atoms with Gasteiger partial charge in [-0.2, -0.15) is 0 Å². The molecule has 2 aromatic carbocycles. The lowest BCUT2D eigenvalue weighted by Crippen LogP contribution is -2.58. The van der Waals surface area contributed by atoms with Crippen molar-refractivity contribution in [3.05, 3.63) is 65.7 Å². The normalized spacial score (nSPS) is 20.0. The Morgan fingerprint density at radius 3 is 2.21 bits per heavy atom. The number of nitrogens with zero attached hydrogens (tertiary/aromatic N) is 2. The summed E-state index contributed by atoms with van der Waals surface area (Å²) in [5, 5.41) is 21.9. The fourth-order valence-electron chi connectivity index (χ4n) is 5.89. The van der Waals surface area contributed by atoms with E-state index in [1.807, 2.05) is 53.4 Å². The van der Waals surface area contributed by atoms with Crippen molar-refractivity contribution in [2.45, 2.75) is 56.6 Å². The van der Waals surface area contributed by atoms with Gasteiger partial charge in [-0.15, -0.1) is 0 Å². The molecule has 2 aliphatic rings. The molecule has 178 valence electrons. The predicted octanol–water partition coefficient (Wildman–Crippen LogP) is 4.08. The van der Waals surface area contributed by atoms with Crippen LogP contribution in [0.5, 0.6) is 5.75 Å². The Bertz CT molecular complexity index is 931. The third-order valence-electron chi connectivity index (χ3n) is 8.18. The van der Waals surface area contributed by atoms with Crippen LogP contribution in [0.3, 0.4) is 0 Å².